The van der Waals surface area contributed by atoms with Gasteiger partial charge in [-0.1, -0.05) is 20.8 Å². The average molecular weight is 524 g/mol. The van der Waals surface area contributed by atoms with Crippen LogP contribution in [0.25, 0.3) is 0 Å². The molecule has 3 N–H and O–H groups in total. The van der Waals surface area contributed by atoms with Crippen molar-refractivity contribution in [2.24, 2.45) is 28.6 Å². The third-order valence-corrected chi connectivity index (χ3v) is 9.52. The number of halogens is 3. The number of carbonyl (C=O) groups is 4. The SMILES string of the molecule is CC1([C@H](NC(=O)C(F)(F)F)C(=O)N2C[C@H]3[C@@H]([C@H]2C(=O)N[C@H](C#N)C[C@@H]2CC4(CC4)NC2=O)C3(C)C)CC1. The van der Waals surface area contributed by atoms with Crippen LogP contribution in [0.3, 0.4) is 0 Å². The van der Waals surface area contributed by atoms with Crippen molar-refractivity contribution in [1.82, 2.24) is 20.9 Å². The van der Waals surface area contributed by atoms with Gasteiger partial charge in [0.25, 0.3) is 0 Å². The number of fused-ring (bicyclic) bond motifs is 1. The number of rotatable bonds is 7. The lowest BCUT2D eigenvalue weighted by atomic mass is 9.93. The van der Waals surface area contributed by atoms with E-state index in [4.69, 9.17) is 0 Å². The van der Waals surface area contributed by atoms with Gasteiger partial charge < -0.3 is 20.9 Å². The molecule has 2 saturated heterocycles. The van der Waals surface area contributed by atoms with Crippen LogP contribution in [0.5, 0.6) is 0 Å². The van der Waals surface area contributed by atoms with E-state index in [0.717, 1.165) is 12.8 Å². The van der Waals surface area contributed by atoms with Crippen molar-refractivity contribution in [2.75, 3.05) is 6.54 Å². The molecule has 0 unspecified atom stereocenters. The average Bonchev–Trinajstić information content (AvgIpc) is 3.73. The molecule has 5 aliphatic rings. The highest BCUT2D eigenvalue weighted by molar-refractivity contribution is 5.95. The topological polar surface area (TPSA) is 131 Å². The summed E-state index contributed by atoms with van der Waals surface area (Å²) in [6, 6.07) is -1.27. The van der Waals surface area contributed by atoms with Gasteiger partial charge in [0, 0.05) is 18.0 Å². The van der Waals surface area contributed by atoms with Crippen molar-refractivity contribution >= 4 is 23.6 Å². The maximum Gasteiger partial charge on any atom is 0.471 e. The van der Waals surface area contributed by atoms with Crippen LogP contribution in [0, 0.1) is 39.9 Å². The summed E-state index contributed by atoms with van der Waals surface area (Å²) in [5, 5.41) is 17.3. The molecule has 12 heteroatoms. The van der Waals surface area contributed by atoms with E-state index in [1.165, 1.54) is 4.90 Å². The summed E-state index contributed by atoms with van der Waals surface area (Å²) >= 11 is 0. The number of nitrogens with one attached hydrogen (secondary N) is 3. The standard InChI is InChI=1S/C25H32F3N5O4/c1-22(2)14-11-33(20(36)17(23(3)4-5-23)31-21(37)25(26,27)28)16(15(14)22)19(35)30-13(10-29)8-12-9-24(6-7-24)32-18(12)34/h12-17H,4-9,11H2,1-3H3,(H,30,35)(H,31,37)(H,32,34)/t12-,13+,14+,15+,16+,17-/m1/s1. The zero-order valence-corrected chi connectivity index (χ0v) is 21.1. The summed E-state index contributed by atoms with van der Waals surface area (Å²) in [6.07, 6.45) is -1.61. The number of amides is 4. The summed E-state index contributed by atoms with van der Waals surface area (Å²) < 4.78 is 39.0. The number of hydrogen-bond donors (Lipinski definition) is 3. The van der Waals surface area contributed by atoms with Gasteiger partial charge in [-0.3, -0.25) is 19.2 Å². The molecule has 5 fully saturated rings. The molecule has 1 spiro atoms. The van der Waals surface area contributed by atoms with E-state index in [0.29, 0.717) is 19.3 Å². The third-order valence-electron chi connectivity index (χ3n) is 9.52. The molecular weight excluding hydrogens is 491 g/mol. The van der Waals surface area contributed by atoms with Gasteiger partial charge >= 0.3 is 12.1 Å². The minimum Gasteiger partial charge on any atom is -0.350 e. The predicted octanol–water partition coefficient (Wildman–Crippen LogP) is 1.38. The van der Waals surface area contributed by atoms with E-state index in [1.807, 2.05) is 25.2 Å². The molecule has 3 aliphatic carbocycles. The van der Waals surface area contributed by atoms with Crippen molar-refractivity contribution in [1.29, 1.82) is 5.26 Å². The minimum absolute atomic E-state index is 0.0194. The second-order valence-corrected chi connectivity index (χ2v) is 12.5. The van der Waals surface area contributed by atoms with Crippen molar-refractivity contribution in [3.8, 4) is 6.07 Å². The molecule has 0 aromatic carbocycles. The quantitative estimate of drug-likeness (QED) is 0.464. The molecule has 0 aromatic rings. The second kappa shape index (κ2) is 8.08. The lowest BCUT2D eigenvalue weighted by Gasteiger charge is -2.35. The van der Waals surface area contributed by atoms with Crippen LogP contribution < -0.4 is 16.0 Å². The maximum atomic E-state index is 13.6. The van der Waals surface area contributed by atoms with Crippen LogP contribution in [-0.4, -0.2) is 64.9 Å². The molecule has 37 heavy (non-hydrogen) atoms. The molecule has 0 aromatic heterocycles. The fourth-order valence-electron chi connectivity index (χ4n) is 6.55. The predicted molar refractivity (Wildman–Crippen MR) is 122 cm³/mol. The molecule has 2 heterocycles. The van der Waals surface area contributed by atoms with Gasteiger partial charge in [0.1, 0.15) is 18.1 Å². The molecule has 9 nitrogen and oxygen atoms in total. The van der Waals surface area contributed by atoms with E-state index in [1.54, 1.807) is 6.92 Å². The van der Waals surface area contributed by atoms with Gasteiger partial charge in [-0.05, 0) is 61.2 Å². The molecule has 0 radical (unpaired) electrons. The Morgan fingerprint density at radius 1 is 1.16 bits per heavy atom. The zero-order valence-electron chi connectivity index (χ0n) is 21.1. The Hall–Kier alpha value is -2.84. The first kappa shape index (κ1) is 25.8. The highest BCUT2D eigenvalue weighted by Gasteiger charge is 2.70. The lowest BCUT2D eigenvalue weighted by Crippen LogP contribution is -2.59. The van der Waals surface area contributed by atoms with Gasteiger partial charge in [-0.25, -0.2) is 0 Å². The van der Waals surface area contributed by atoms with Crippen LogP contribution in [-0.2, 0) is 19.2 Å². The van der Waals surface area contributed by atoms with E-state index in [2.05, 4.69) is 10.6 Å². The fraction of sp³-hybridized carbons (Fsp3) is 0.800. The largest absolute Gasteiger partial charge is 0.471 e. The minimum atomic E-state index is -5.14. The van der Waals surface area contributed by atoms with Gasteiger partial charge in [0.05, 0.1) is 6.07 Å². The maximum absolute atomic E-state index is 13.6. The molecule has 202 valence electrons. The summed E-state index contributed by atoms with van der Waals surface area (Å²) in [5.74, 6) is -4.21. The number of hydrogen-bond acceptors (Lipinski definition) is 5. The first-order valence-electron chi connectivity index (χ1n) is 12.8. The zero-order chi connectivity index (χ0) is 27.1. The Bertz CT molecular complexity index is 1090. The summed E-state index contributed by atoms with van der Waals surface area (Å²) in [6.45, 7) is 5.77. The van der Waals surface area contributed by atoms with Crippen molar-refractivity contribution < 1.29 is 32.3 Å². The molecule has 2 aliphatic heterocycles. The number of likely N-dealkylation sites (tertiary alicyclic amines) is 1. The van der Waals surface area contributed by atoms with Gasteiger partial charge in [0.15, 0.2) is 0 Å². The first-order valence-corrected chi connectivity index (χ1v) is 12.8. The normalized spacial score (nSPS) is 33.0. The van der Waals surface area contributed by atoms with Crippen LogP contribution >= 0.6 is 0 Å². The van der Waals surface area contributed by atoms with E-state index >= 15 is 0 Å². The molecule has 0 bridgehead atoms. The first-order chi connectivity index (χ1) is 17.1. The van der Waals surface area contributed by atoms with E-state index in [-0.39, 0.29) is 41.7 Å². The van der Waals surface area contributed by atoms with E-state index in [9.17, 15) is 37.6 Å². The number of nitrogens with zero attached hydrogens (tertiary/aromatic N) is 2. The highest BCUT2D eigenvalue weighted by Crippen LogP contribution is 2.65. The Kier molecular flexibility index (Phi) is 5.63. The van der Waals surface area contributed by atoms with Gasteiger partial charge in [0.2, 0.25) is 17.7 Å². The molecule has 5 rings (SSSR count). The third kappa shape index (κ3) is 4.44. The molecule has 6 atom stereocenters. The Labute approximate surface area is 212 Å². The summed E-state index contributed by atoms with van der Waals surface area (Å²) in [7, 11) is 0. The van der Waals surface area contributed by atoms with Crippen molar-refractivity contribution in [3.63, 3.8) is 0 Å². The Morgan fingerprint density at radius 2 is 1.81 bits per heavy atom. The summed E-state index contributed by atoms with van der Waals surface area (Å²) in [4.78, 5) is 52.4. The van der Waals surface area contributed by atoms with Crippen LogP contribution in [0.15, 0.2) is 0 Å². The monoisotopic (exact) mass is 523 g/mol. The van der Waals surface area contributed by atoms with Crippen LogP contribution in [0.1, 0.15) is 59.3 Å². The Balaban J connectivity index is 1.31. The van der Waals surface area contributed by atoms with Crippen LogP contribution in [0.2, 0.25) is 0 Å². The Morgan fingerprint density at radius 3 is 2.32 bits per heavy atom. The fourth-order valence-corrected chi connectivity index (χ4v) is 6.55. The number of alkyl halides is 3. The van der Waals surface area contributed by atoms with E-state index < -0.39 is 53.4 Å². The summed E-state index contributed by atoms with van der Waals surface area (Å²) in [5.41, 5.74) is -1.23. The smallest absolute Gasteiger partial charge is 0.350 e. The van der Waals surface area contributed by atoms with Crippen molar-refractivity contribution in [2.45, 2.75) is 89.1 Å². The number of piperidine rings is 1. The molecule has 4 amide bonds. The number of carbonyl (C=O) groups excluding carboxylic acids is 4. The van der Waals surface area contributed by atoms with Crippen molar-refractivity contribution in [3.05, 3.63) is 0 Å². The van der Waals surface area contributed by atoms with Gasteiger partial charge in [-0.2, -0.15) is 18.4 Å². The highest BCUT2D eigenvalue weighted by atomic mass is 19.4. The lowest BCUT2D eigenvalue weighted by molar-refractivity contribution is -0.176. The molecule has 3 saturated carbocycles. The van der Waals surface area contributed by atoms with Crippen LogP contribution in [0.4, 0.5) is 13.2 Å². The van der Waals surface area contributed by atoms with Gasteiger partial charge in [-0.15, -0.1) is 0 Å². The molecular formula is C25H32F3N5O4. The second-order valence-electron chi connectivity index (χ2n) is 12.5. The number of nitriles is 1.